The van der Waals surface area contributed by atoms with Gasteiger partial charge in [0.15, 0.2) is 0 Å². The van der Waals surface area contributed by atoms with E-state index in [1.807, 2.05) is 0 Å². The van der Waals surface area contributed by atoms with Crippen molar-refractivity contribution >= 4 is 16.9 Å². The van der Waals surface area contributed by atoms with Gasteiger partial charge < -0.3 is 23.7 Å². The van der Waals surface area contributed by atoms with Gasteiger partial charge in [0.1, 0.15) is 22.6 Å². The summed E-state index contributed by atoms with van der Waals surface area (Å²) in [5, 5.41) is 10.8. The summed E-state index contributed by atoms with van der Waals surface area (Å²) >= 11 is 0. The summed E-state index contributed by atoms with van der Waals surface area (Å²) in [6.45, 7) is 0.741. The van der Waals surface area contributed by atoms with E-state index in [1.54, 1.807) is 0 Å². The number of aromatic hydroxyl groups is 1. The van der Waals surface area contributed by atoms with Gasteiger partial charge in [0.25, 0.3) is 0 Å². The standard InChI is InChI=1S/C16H12O7/c17-8-5-9-11(7-2-4-21-16(7)22-9)13-10(8)6-1-3-20-14(18)12(6)15(19)23-13/h5,7,16-17H,1-4H2. The number of cyclic esters (lactones) is 1. The molecular weight excluding hydrogens is 304 g/mol. The van der Waals surface area contributed by atoms with Crippen molar-refractivity contribution in [3.8, 4) is 11.5 Å². The molecule has 0 amide bonds. The maximum atomic E-state index is 12.3. The predicted octanol–water partition coefficient (Wildman–Crippen LogP) is 1.43. The Bertz CT molecular complexity index is 926. The smallest absolute Gasteiger partial charge is 0.351 e. The molecule has 7 nitrogen and oxygen atoms in total. The first-order chi connectivity index (χ1) is 11.1. The number of ether oxygens (including phenoxy) is 3. The van der Waals surface area contributed by atoms with Crippen LogP contribution in [0.1, 0.15) is 33.8 Å². The van der Waals surface area contributed by atoms with Crippen molar-refractivity contribution < 1.29 is 28.5 Å². The van der Waals surface area contributed by atoms with Crippen molar-refractivity contribution in [3.63, 3.8) is 0 Å². The fraction of sp³-hybridized carbons (Fsp3) is 0.375. The van der Waals surface area contributed by atoms with E-state index in [1.165, 1.54) is 6.07 Å². The summed E-state index contributed by atoms with van der Waals surface area (Å²) in [5.74, 6) is -0.357. The lowest BCUT2D eigenvalue weighted by Gasteiger charge is -2.18. The molecule has 1 aromatic carbocycles. The van der Waals surface area contributed by atoms with Gasteiger partial charge in [-0.05, 0) is 12.0 Å². The molecule has 2 unspecified atom stereocenters. The molecule has 0 spiro atoms. The van der Waals surface area contributed by atoms with Crippen LogP contribution in [0.3, 0.4) is 0 Å². The molecule has 0 bridgehead atoms. The van der Waals surface area contributed by atoms with E-state index in [0.717, 1.165) is 12.0 Å². The molecule has 118 valence electrons. The molecule has 1 fully saturated rings. The van der Waals surface area contributed by atoms with Crippen molar-refractivity contribution in [1.82, 2.24) is 0 Å². The van der Waals surface area contributed by atoms with E-state index in [2.05, 4.69) is 0 Å². The van der Waals surface area contributed by atoms with Crippen LogP contribution in [-0.4, -0.2) is 30.6 Å². The maximum absolute atomic E-state index is 12.3. The van der Waals surface area contributed by atoms with Crippen molar-refractivity contribution in [3.05, 3.63) is 33.2 Å². The lowest BCUT2D eigenvalue weighted by atomic mass is 9.92. The molecule has 0 aliphatic carbocycles. The SMILES string of the molecule is O=C1OCCc2c1c(=O)oc1c3c(cc(O)c21)OC1OCCC31. The zero-order valence-corrected chi connectivity index (χ0v) is 12.0. The molecule has 4 heterocycles. The third kappa shape index (κ3) is 1.57. The van der Waals surface area contributed by atoms with Crippen molar-refractivity contribution in [1.29, 1.82) is 0 Å². The van der Waals surface area contributed by atoms with Crippen LogP contribution in [0.5, 0.6) is 11.5 Å². The molecule has 1 aromatic heterocycles. The number of phenolic OH excluding ortho intramolecular Hbond substituents is 1. The first-order valence-corrected chi connectivity index (χ1v) is 7.46. The van der Waals surface area contributed by atoms with Crippen LogP contribution in [0, 0.1) is 0 Å². The Morgan fingerprint density at radius 3 is 2.96 bits per heavy atom. The second-order valence-corrected chi connectivity index (χ2v) is 5.89. The topological polar surface area (TPSA) is 95.2 Å². The van der Waals surface area contributed by atoms with Crippen LogP contribution in [0.15, 0.2) is 15.3 Å². The average Bonchev–Trinajstić information content (AvgIpc) is 3.07. The van der Waals surface area contributed by atoms with Crippen LogP contribution in [0.4, 0.5) is 0 Å². The predicted molar refractivity (Wildman–Crippen MR) is 75.9 cm³/mol. The van der Waals surface area contributed by atoms with Crippen LogP contribution in [0.2, 0.25) is 0 Å². The van der Waals surface area contributed by atoms with E-state index in [-0.39, 0.29) is 29.4 Å². The molecule has 2 aromatic rings. The second-order valence-electron chi connectivity index (χ2n) is 5.89. The largest absolute Gasteiger partial charge is 0.507 e. The average molecular weight is 316 g/mol. The van der Waals surface area contributed by atoms with E-state index in [9.17, 15) is 14.7 Å². The quantitative estimate of drug-likeness (QED) is 0.580. The number of benzene rings is 1. The monoisotopic (exact) mass is 316 g/mol. The van der Waals surface area contributed by atoms with Crippen LogP contribution in [-0.2, 0) is 15.9 Å². The Labute approximate surface area is 129 Å². The van der Waals surface area contributed by atoms with Gasteiger partial charge in [-0.2, -0.15) is 0 Å². The number of carbonyl (C=O) groups is 1. The molecule has 23 heavy (non-hydrogen) atoms. The van der Waals surface area contributed by atoms with Crippen LogP contribution in [0.25, 0.3) is 11.0 Å². The Balaban J connectivity index is 1.91. The summed E-state index contributed by atoms with van der Waals surface area (Å²) in [7, 11) is 0. The molecule has 7 heteroatoms. The van der Waals surface area contributed by atoms with Gasteiger partial charge in [-0.25, -0.2) is 9.59 Å². The third-order valence-corrected chi connectivity index (χ3v) is 4.71. The number of esters is 1. The molecule has 1 N–H and O–H groups in total. The highest BCUT2D eigenvalue weighted by Crippen LogP contribution is 2.50. The van der Waals surface area contributed by atoms with E-state index >= 15 is 0 Å². The third-order valence-electron chi connectivity index (χ3n) is 4.71. The highest BCUT2D eigenvalue weighted by atomic mass is 16.7. The van der Waals surface area contributed by atoms with E-state index in [0.29, 0.717) is 29.7 Å². The van der Waals surface area contributed by atoms with Crippen molar-refractivity contribution in [2.45, 2.75) is 25.0 Å². The number of rotatable bonds is 0. The highest BCUT2D eigenvalue weighted by molar-refractivity contribution is 6.00. The normalized spacial score (nSPS) is 24.8. The van der Waals surface area contributed by atoms with Crippen LogP contribution < -0.4 is 10.4 Å². The van der Waals surface area contributed by atoms with E-state index < -0.39 is 17.9 Å². The summed E-state index contributed by atoms with van der Waals surface area (Å²) in [5.41, 5.74) is 0.634. The fourth-order valence-electron chi connectivity index (χ4n) is 3.73. The van der Waals surface area contributed by atoms with Gasteiger partial charge in [-0.1, -0.05) is 0 Å². The van der Waals surface area contributed by atoms with Gasteiger partial charge >= 0.3 is 11.6 Å². The minimum Gasteiger partial charge on any atom is -0.507 e. The molecule has 0 saturated carbocycles. The van der Waals surface area contributed by atoms with Crippen LogP contribution >= 0.6 is 0 Å². The van der Waals surface area contributed by atoms with Crippen molar-refractivity contribution in [2.24, 2.45) is 0 Å². The number of fused-ring (bicyclic) bond motifs is 7. The second kappa shape index (κ2) is 4.26. The lowest BCUT2D eigenvalue weighted by Crippen LogP contribution is -2.26. The highest BCUT2D eigenvalue weighted by Gasteiger charge is 2.43. The van der Waals surface area contributed by atoms with Crippen molar-refractivity contribution in [2.75, 3.05) is 13.2 Å². The zero-order valence-electron chi connectivity index (χ0n) is 12.0. The van der Waals surface area contributed by atoms with Gasteiger partial charge in [0, 0.05) is 18.1 Å². The first kappa shape index (κ1) is 13.0. The lowest BCUT2D eigenvalue weighted by molar-refractivity contribution is -0.0337. The molecule has 1 saturated heterocycles. The van der Waals surface area contributed by atoms with Gasteiger partial charge in [-0.15, -0.1) is 0 Å². The number of hydrogen-bond acceptors (Lipinski definition) is 7. The van der Waals surface area contributed by atoms with E-state index in [4.69, 9.17) is 18.6 Å². The molecule has 0 radical (unpaired) electrons. The Kier molecular flexibility index (Phi) is 2.40. The number of carbonyl (C=O) groups excluding carboxylic acids is 1. The minimum atomic E-state index is -0.743. The summed E-state index contributed by atoms with van der Waals surface area (Å²) < 4.78 is 21.5. The number of phenols is 1. The zero-order chi connectivity index (χ0) is 15.7. The van der Waals surface area contributed by atoms with Gasteiger partial charge in [0.2, 0.25) is 6.29 Å². The molecule has 3 aliphatic heterocycles. The molecule has 2 atom stereocenters. The van der Waals surface area contributed by atoms with Gasteiger partial charge in [0.05, 0.1) is 24.5 Å². The Morgan fingerprint density at radius 2 is 2.09 bits per heavy atom. The Morgan fingerprint density at radius 1 is 1.22 bits per heavy atom. The maximum Gasteiger partial charge on any atom is 0.351 e. The molecule has 5 rings (SSSR count). The summed E-state index contributed by atoms with van der Waals surface area (Å²) in [6.07, 6.45) is 0.697. The molecule has 3 aliphatic rings. The summed E-state index contributed by atoms with van der Waals surface area (Å²) in [6, 6.07) is 1.50. The first-order valence-electron chi connectivity index (χ1n) is 7.46. The molecular formula is C16H12O7. The fourth-order valence-corrected chi connectivity index (χ4v) is 3.73. The Hall–Kier alpha value is -2.54. The number of hydrogen-bond donors (Lipinski definition) is 1. The minimum absolute atomic E-state index is 0.0372. The summed E-state index contributed by atoms with van der Waals surface area (Å²) in [4.78, 5) is 24.1. The van der Waals surface area contributed by atoms with Gasteiger partial charge in [-0.3, -0.25) is 0 Å².